The third kappa shape index (κ3) is 5.28. The maximum absolute atomic E-state index is 12.5. The Kier molecular flexibility index (Phi) is 6.96. The van der Waals surface area contributed by atoms with Crippen LogP contribution in [-0.2, 0) is 13.0 Å². The van der Waals surface area contributed by atoms with Gasteiger partial charge in [-0.15, -0.1) is 0 Å². The van der Waals surface area contributed by atoms with Crippen LogP contribution in [0.15, 0.2) is 29.1 Å². The second-order valence-corrected chi connectivity index (χ2v) is 6.92. The predicted molar refractivity (Wildman–Crippen MR) is 109 cm³/mol. The first-order valence-electron chi connectivity index (χ1n) is 8.70. The molecule has 1 aromatic heterocycles. The highest BCUT2D eigenvalue weighted by Gasteiger charge is 2.12. The lowest BCUT2D eigenvalue weighted by Gasteiger charge is -2.25. The summed E-state index contributed by atoms with van der Waals surface area (Å²) < 4.78 is 0. The number of H-pyrrole nitrogens is 1. The minimum Gasteiger partial charge on any atom is -0.366 e. The number of aryl methyl sites for hydroxylation is 1. The smallest absolute Gasteiger partial charge is 0.253 e. The Hall–Kier alpha value is -1.92. The van der Waals surface area contributed by atoms with Gasteiger partial charge < -0.3 is 20.1 Å². The van der Waals surface area contributed by atoms with Crippen molar-refractivity contribution in [3.63, 3.8) is 0 Å². The third-order valence-electron chi connectivity index (χ3n) is 4.29. The Morgan fingerprint density at radius 1 is 1.24 bits per heavy atom. The zero-order valence-corrected chi connectivity index (χ0v) is 16.4. The highest BCUT2D eigenvalue weighted by Crippen LogP contribution is 2.15. The molecule has 136 valence electrons. The summed E-state index contributed by atoms with van der Waals surface area (Å²) in [5.41, 5.74) is 2.83. The van der Waals surface area contributed by atoms with E-state index in [-0.39, 0.29) is 5.56 Å². The first kappa shape index (κ1) is 19.4. The molecule has 0 aliphatic rings. The summed E-state index contributed by atoms with van der Waals surface area (Å²) in [6.45, 7) is 4.43. The van der Waals surface area contributed by atoms with Gasteiger partial charge in [0.2, 0.25) is 0 Å². The fourth-order valence-electron chi connectivity index (χ4n) is 2.83. The van der Waals surface area contributed by atoms with E-state index >= 15 is 0 Å². The summed E-state index contributed by atoms with van der Waals surface area (Å²) >= 11 is 5.42. The first-order chi connectivity index (χ1) is 11.9. The molecule has 2 aromatic rings. The van der Waals surface area contributed by atoms with Crippen molar-refractivity contribution in [3.05, 3.63) is 45.7 Å². The maximum Gasteiger partial charge on any atom is 0.253 e. The molecule has 1 aromatic carbocycles. The highest BCUT2D eigenvalue weighted by molar-refractivity contribution is 7.80. The minimum atomic E-state index is -0.0479. The van der Waals surface area contributed by atoms with Crippen molar-refractivity contribution in [3.8, 4) is 0 Å². The van der Waals surface area contributed by atoms with Crippen LogP contribution < -0.4 is 10.9 Å². The van der Waals surface area contributed by atoms with Gasteiger partial charge in [-0.3, -0.25) is 4.79 Å². The van der Waals surface area contributed by atoms with Crippen LogP contribution in [0.2, 0.25) is 0 Å². The molecule has 0 aliphatic heterocycles. The number of aromatic amines is 1. The van der Waals surface area contributed by atoms with Crippen LogP contribution in [0.1, 0.15) is 24.5 Å². The van der Waals surface area contributed by atoms with E-state index in [0.717, 1.165) is 42.4 Å². The molecule has 2 rings (SSSR count). The van der Waals surface area contributed by atoms with E-state index in [1.54, 1.807) is 0 Å². The molecule has 0 atom stereocenters. The van der Waals surface area contributed by atoms with Crippen molar-refractivity contribution >= 4 is 28.2 Å². The van der Waals surface area contributed by atoms with Gasteiger partial charge in [0.05, 0.1) is 6.54 Å². The number of benzene rings is 1. The molecule has 0 unspecified atom stereocenters. The van der Waals surface area contributed by atoms with Gasteiger partial charge in [-0.05, 0) is 74.8 Å². The van der Waals surface area contributed by atoms with Gasteiger partial charge in [0.1, 0.15) is 0 Å². The Labute approximate surface area is 155 Å². The number of fused-ring (bicyclic) bond motifs is 1. The quantitative estimate of drug-likeness (QED) is 0.743. The lowest BCUT2D eigenvalue weighted by atomic mass is 10.1. The zero-order chi connectivity index (χ0) is 18.4. The molecule has 0 amide bonds. The summed E-state index contributed by atoms with van der Waals surface area (Å²) in [6.07, 6.45) is 1.96. The molecule has 0 saturated heterocycles. The Morgan fingerprint density at radius 3 is 2.64 bits per heavy atom. The molecule has 0 aliphatic carbocycles. The van der Waals surface area contributed by atoms with Gasteiger partial charge in [-0.2, -0.15) is 0 Å². The summed E-state index contributed by atoms with van der Waals surface area (Å²) in [5, 5.41) is 4.76. The van der Waals surface area contributed by atoms with Crippen LogP contribution in [-0.4, -0.2) is 54.1 Å². The SMILES string of the molecule is CCc1ccc2[nH]c(=O)c(CN(CCCN(C)C)C(=S)NC)cc2c1. The number of nitrogens with one attached hydrogen (secondary N) is 2. The third-order valence-corrected chi connectivity index (χ3v) is 4.75. The van der Waals surface area contributed by atoms with Crippen molar-refractivity contribution in [2.45, 2.75) is 26.3 Å². The summed E-state index contributed by atoms with van der Waals surface area (Å²) in [6, 6.07) is 8.17. The number of nitrogens with zero attached hydrogens (tertiary/aromatic N) is 2. The van der Waals surface area contributed by atoms with Gasteiger partial charge in [-0.25, -0.2) is 0 Å². The topological polar surface area (TPSA) is 51.4 Å². The van der Waals surface area contributed by atoms with Crippen LogP contribution >= 0.6 is 12.2 Å². The van der Waals surface area contributed by atoms with E-state index < -0.39 is 0 Å². The van der Waals surface area contributed by atoms with Gasteiger partial charge in [0, 0.05) is 24.7 Å². The fraction of sp³-hybridized carbons (Fsp3) is 0.474. The zero-order valence-electron chi connectivity index (χ0n) is 15.6. The largest absolute Gasteiger partial charge is 0.366 e. The molecule has 25 heavy (non-hydrogen) atoms. The number of rotatable bonds is 7. The number of pyridine rings is 1. The molecule has 0 fully saturated rings. The van der Waals surface area contributed by atoms with Crippen molar-refractivity contribution in [2.75, 3.05) is 34.2 Å². The van der Waals surface area contributed by atoms with E-state index in [9.17, 15) is 4.79 Å². The lowest BCUT2D eigenvalue weighted by molar-refractivity contribution is 0.342. The molecule has 2 N–H and O–H groups in total. The number of thiocarbonyl (C=S) groups is 1. The molecule has 0 radical (unpaired) electrons. The van der Waals surface area contributed by atoms with Gasteiger partial charge in [-0.1, -0.05) is 13.0 Å². The molecule has 0 bridgehead atoms. The molecule has 1 heterocycles. The second-order valence-electron chi connectivity index (χ2n) is 6.53. The summed E-state index contributed by atoms with van der Waals surface area (Å²) in [5.74, 6) is 0. The van der Waals surface area contributed by atoms with Crippen molar-refractivity contribution in [1.29, 1.82) is 0 Å². The second kappa shape index (κ2) is 8.97. The number of aromatic nitrogens is 1. The Balaban J connectivity index is 2.25. The molecule has 5 nitrogen and oxygen atoms in total. The van der Waals surface area contributed by atoms with Crippen LogP contribution in [0.4, 0.5) is 0 Å². The highest BCUT2D eigenvalue weighted by atomic mass is 32.1. The molecule has 0 spiro atoms. The Bertz CT molecular complexity index is 785. The van der Waals surface area contributed by atoms with E-state index in [2.05, 4.69) is 53.3 Å². The van der Waals surface area contributed by atoms with Crippen LogP contribution in [0.5, 0.6) is 0 Å². The van der Waals surface area contributed by atoms with E-state index in [1.165, 1.54) is 5.56 Å². The van der Waals surface area contributed by atoms with Crippen LogP contribution in [0.3, 0.4) is 0 Å². The monoisotopic (exact) mass is 360 g/mol. The Morgan fingerprint density at radius 2 is 2.00 bits per heavy atom. The number of hydrogen-bond donors (Lipinski definition) is 2. The minimum absolute atomic E-state index is 0.0479. The van der Waals surface area contributed by atoms with Crippen LogP contribution in [0, 0.1) is 0 Å². The first-order valence-corrected chi connectivity index (χ1v) is 9.11. The normalized spacial score (nSPS) is 11.1. The van der Waals surface area contributed by atoms with Gasteiger partial charge in [0.15, 0.2) is 5.11 Å². The van der Waals surface area contributed by atoms with Gasteiger partial charge in [0.25, 0.3) is 5.56 Å². The van der Waals surface area contributed by atoms with Gasteiger partial charge >= 0.3 is 0 Å². The van der Waals surface area contributed by atoms with Crippen molar-refractivity contribution in [1.82, 2.24) is 20.1 Å². The van der Waals surface area contributed by atoms with E-state index in [0.29, 0.717) is 11.7 Å². The summed E-state index contributed by atoms with van der Waals surface area (Å²) in [4.78, 5) is 19.7. The lowest BCUT2D eigenvalue weighted by Crippen LogP contribution is -2.40. The number of hydrogen-bond acceptors (Lipinski definition) is 3. The maximum atomic E-state index is 12.5. The standard InChI is InChI=1S/C19H28N4OS/c1-5-14-7-8-17-15(11-14)12-16(18(24)21-17)13-23(19(25)20-2)10-6-9-22(3)4/h7-8,11-12H,5-6,9-10,13H2,1-4H3,(H,20,25)(H,21,24). The van der Waals surface area contributed by atoms with Crippen molar-refractivity contribution in [2.24, 2.45) is 0 Å². The average Bonchev–Trinajstić information content (AvgIpc) is 2.59. The van der Waals surface area contributed by atoms with Crippen molar-refractivity contribution < 1.29 is 0 Å². The molecular formula is C19H28N4OS. The molecule has 6 heteroatoms. The van der Waals surface area contributed by atoms with E-state index in [1.807, 2.05) is 19.2 Å². The molecular weight excluding hydrogens is 332 g/mol. The van der Waals surface area contributed by atoms with E-state index in [4.69, 9.17) is 12.2 Å². The fourth-order valence-corrected chi connectivity index (χ4v) is 2.99. The summed E-state index contributed by atoms with van der Waals surface area (Å²) in [7, 11) is 5.93. The van der Waals surface area contributed by atoms with Crippen LogP contribution in [0.25, 0.3) is 10.9 Å². The predicted octanol–water partition coefficient (Wildman–Crippen LogP) is 2.35. The molecule has 0 saturated carbocycles. The average molecular weight is 361 g/mol.